The van der Waals surface area contributed by atoms with Crippen LogP contribution >= 0.6 is 0 Å². The third-order valence-electron chi connectivity index (χ3n) is 4.98. The van der Waals surface area contributed by atoms with E-state index >= 15 is 0 Å². The highest BCUT2D eigenvalue weighted by Crippen LogP contribution is 2.33. The van der Waals surface area contributed by atoms with Crippen LogP contribution in [0.5, 0.6) is 0 Å². The van der Waals surface area contributed by atoms with Crippen molar-refractivity contribution in [1.29, 1.82) is 0 Å². The lowest BCUT2D eigenvalue weighted by atomic mass is 9.92. The van der Waals surface area contributed by atoms with E-state index in [1.807, 2.05) is 18.2 Å². The Labute approximate surface area is 136 Å². The summed E-state index contributed by atoms with van der Waals surface area (Å²) in [5, 5.41) is 12.2. The molecule has 5 heteroatoms. The van der Waals surface area contributed by atoms with Crippen LogP contribution in [-0.2, 0) is 9.53 Å². The summed E-state index contributed by atoms with van der Waals surface area (Å²) in [6.07, 6.45) is 4.38. The van der Waals surface area contributed by atoms with E-state index in [2.05, 4.69) is 5.32 Å². The minimum Gasteiger partial charge on any atom is -0.481 e. The second kappa shape index (κ2) is 6.71. The number of carbonyl (C=O) groups excluding carboxylic acids is 1. The zero-order chi connectivity index (χ0) is 16.3. The average molecular weight is 317 g/mol. The first-order valence-electron chi connectivity index (χ1n) is 8.30. The molecule has 0 spiro atoms. The number of carbonyl (C=O) groups is 2. The molecular weight excluding hydrogens is 294 g/mol. The Kier molecular flexibility index (Phi) is 4.66. The Morgan fingerprint density at radius 3 is 2.74 bits per heavy atom. The van der Waals surface area contributed by atoms with Crippen molar-refractivity contribution in [2.75, 3.05) is 13.2 Å². The number of carboxylic acids is 1. The van der Waals surface area contributed by atoms with E-state index in [1.54, 1.807) is 6.07 Å². The van der Waals surface area contributed by atoms with E-state index in [1.165, 1.54) is 0 Å². The van der Waals surface area contributed by atoms with Crippen molar-refractivity contribution < 1.29 is 19.4 Å². The topological polar surface area (TPSA) is 75.6 Å². The molecule has 1 aliphatic carbocycles. The third kappa shape index (κ3) is 3.72. The van der Waals surface area contributed by atoms with Gasteiger partial charge in [0.05, 0.1) is 18.6 Å². The van der Waals surface area contributed by atoms with Gasteiger partial charge in [-0.15, -0.1) is 0 Å². The maximum Gasteiger partial charge on any atom is 0.305 e. The van der Waals surface area contributed by atoms with Gasteiger partial charge in [-0.05, 0) is 37.0 Å². The number of rotatable bonds is 5. The summed E-state index contributed by atoms with van der Waals surface area (Å²) in [6, 6.07) is 7.62. The van der Waals surface area contributed by atoms with E-state index in [0.29, 0.717) is 18.1 Å². The Hall–Kier alpha value is -1.88. The van der Waals surface area contributed by atoms with Crippen molar-refractivity contribution in [3.8, 4) is 0 Å². The number of hydrogen-bond acceptors (Lipinski definition) is 3. The number of ether oxygens (including phenoxy) is 1. The monoisotopic (exact) mass is 317 g/mol. The molecule has 2 fully saturated rings. The van der Waals surface area contributed by atoms with E-state index in [0.717, 1.165) is 44.3 Å². The maximum absolute atomic E-state index is 12.6. The van der Waals surface area contributed by atoms with Gasteiger partial charge in [-0.1, -0.05) is 25.0 Å². The molecule has 1 heterocycles. The van der Waals surface area contributed by atoms with Gasteiger partial charge in [-0.3, -0.25) is 9.59 Å². The largest absolute Gasteiger partial charge is 0.481 e. The van der Waals surface area contributed by atoms with Crippen molar-refractivity contribution in [2.24, 2.45) is 0 Å². The van der Waals surface area contributed by atoms with Gasteiger partial charge in [0, 0.05) is 18.1 Å². The van der Waals surface area contributed by atoms with Gasteiger partial charge in [0.15, 0.2) is 0 Å². The van der Waals surface area contributed by atoms with Crippen LogP contribution in [-0.4, -0.2) is 35.7 Å². The number of hydrogen-bond donors (Lipinski definition) is 2. The van der Waals surface area contributed by atoms with E-state index in [9.17, 15) is 9.59 Å². The van der Waals surface area contributed by atoms with Crippen LogP contribution in [0.15, 0.2) is 24.3 Å². The molecule has 0 bridgehead atoms. The summed E-state index contributed by atoms with van der Waals surface area (Å²) >= 11 is 0. The SMILES string of the molecule is O=C(O)CC1(NC(=O)c2cccc(C3CCOC3)c2)CCCC1. The molecule has 23 heavy (non-hydrogen) atoms. The molecule has 1 amide bonds. The van der Waals surface area contributed by atoms with Gasteiger partial charge < -0.3 is 15.2 Å². The van der Waals surface area contributed by atoms with Crippen molar-refractivity contribution in [2.45, 2.75) is 50.0 Å². The summed E-state index contributed by atoms with van der Waals surface area (Å²) in [6.45, 7) is 1.47. The molecule has 1 unspecified atom stereocenters. The molecule has 0 radical (unpaired) electrons. The second-order valence-corrected chi connectivity index (χ2v) is 6.70. The van der Waals surface area contributed by atoms with E-state index in [4.69, 9.17) is 9.84 Å². The number of nitrogens with one attached hydrogen (secondary N) is 1. The zero-order valence-corrected chi connectivity index (χ0v) is 13.2. The van der Waals surface area contributed by atoms with Crippen molar-refractivity contribution in [3.05, 3.63) is 35.4 Å². The minimum atomic E-state index is -0.857. The van der Waals surface area contributed by atoms with Crippen molar-refractivity contribution in [1.82, 2.24) is 5.32 Å². The zero-order valence-electron chi connectivity index (χ0n) is 13.2. The van der Waals surface area contributed by atoms with E-state index in [-0.39, 0.29) is 12.3 Å². The van der Waals surface area contributed by atoms with Crippen LogP contribution < -0.4 is 5.32 Å². The summed E-state index contributed by atoms with van der Waals surface area (Å²) in [4.78, 5) is 23.8. The maximum atomic E-state index is 12.6. The van der Waals surface area contributed by atoms with E-state index < -0.39 is 11.5 Å². The van der Waals surface area contributed by atoms with Crippen LogP contribution in [0.4, 0.5) is 0 Å². The Morgan fingerprint density at radius 2 is 2.09 bits per heavy atom. The molecule has 1 saturated carbocycles. The highest BCUT2D eigenvalue weighted by atomic mass is 16.5. The van der Waals surface area contributed by atoms with Crippen molar-refractivity contribution in [3.63, 3.8) is 0 Å². The fourth-order valence-electron chi connectivity index (χ4n) is 3.73. The number of carboxylic acid groups (broad SMARTS) is 1. The highest BCUT2D eigenvalue weighted by molar-refractivity contribution is 5.95. The first-order valence-corrected chi connectivity index (χ1v) is 8.30. The lowest BCUT2D eigenvalue weighted by Gasteiger charge is -2.28. The molecule has 2 aliphatic rings. The summed E-state index contributed by atoms with van der Waals surface area (Å²) in [7, 11) is 0. The standard InChI is InChI=1S/C18H23NO4/c20-16(21)11-18(7-1-2-8-18)19-17(22)14-5-3-4-13(10-14)15-6-9-23-12-15/h3-5,10,15H,1-2,6-9,11-12H2,(H,19,22)(H,20,21). The highest BCUT2D eigenvalue weighted by Gasteiger charge is 2.37. The predicted octanol–water partition coefficient (Wildman–Crippen LogP) is 2.71. The first kappa shape index (κ1) is 16.0. The number of benzene rings is 1. The molecular formula is C18H23NO4. The fourth-order valence-corrected chi connectivity index (χ4v) is 3.73. The quantitative estimate of drug-likeness (QED) is 0.875. The summed E-state index contributed by atoms with van der Waals surface area (Å²) in [5.41, 5.74) is 1.13. The molecule has 1 saturated heterocycles. The minimum absolute atomic E-state index is 0.00506. The Balaban J connectivity index is 1.74. The Bertz CT molecular complexity index is 586. The van der Waals surface area contributed by atoms with Crippen LogP contribution in [0.25, 0.3) is 0 Å². The predicted molar refractivity (Wildman–Crippen MR) is 85.5 cm³/mol. The van der Waals surface area contributed by atoms with Gasteiger partial charge in [0.2, 0.25) is 0 Å². The molecule has 3 rings (SSSR count). The number of amides is 1. The van der Waals surface area contributed by atoms with Gasteiger partial charge in [0.25, 0.3) is 5.91 Å². The van der Waals surface area contributed by atoms with Crippen LogP contribution in [0, 0.1) is 0 Å². The molecule has 1 aliphatic heterocycles. The smallest absolute Gasteiger partial charge is 0.305 e. The summed E-state index contributed by atoms with van der Waals surface area (Å²) < 4.78 is 5.41. The molecule has 1 aromatic rings. The molecule has 1 aromatic carbocycles. The number of aliphatic carboxylic acids is 1. The molecule has 2 N–H and O–H groups in total. The van der Waals surface area contributed by atoms with Gasteiger partial charge >= 0.3 is 5.97 Å². The van der Waals surface area contributed by atoms with Gasteiger partial charge in [-0.2, -0.15) is 0 Å². The molecule has 1 atom stereocenters. The van der Waals surface area contributed by atoms with Gasteiger partial charge in [-0.25, -0.2) is 0 Å². The molecule has 0 aromatic heterocycles. The normalized spacial score (nSPS) is 22.9. The van der Waals surface area contributed by atoms with Crippen LogP contribution in [0.3, 0.4) is 0 Å². The second-order valence-electron chi connectivity index (χ2n) is 6.70. The van der Waals surface area contributed by atoms with Crippen LogP contribution in [0.1, 0.15) is 60.4 Å². The van der Waals surface area contributed by atoms with Crippen molar-refractivity contribution >= 4 is 11.9 Å². The van der Waals surface area contributed by atoms with Crippen LogP contribution in [0.2, 0.25) is 0 Å². The Morgan fingerprint density at radius 1 is 1.30 bits per heavy atom. The van der Waals surface area contributed by atoms with Gasteiger partial charge in [0.1, 0.15) is 0 Å². The molecule has 5 nitrogen and oxygen atoms in total. The first-order chi connectivity index (χ1) is 11.1. The summed E-state index contributed by atoms with van der Waals surface area (Å²) in [5.74, 6) is -0.680. The average Bonchev–Trinajstić information content (AvgIpc) is 3.19. The third-order valence-corrected chi connectivity index (χ3v) is 4.98. The lowest BCUT2D eigenvalue weighted by molar-refractivity contribution is -0.138. The molecule has 124 valence electrons. The fraction of sp³-hybridized carbons (Fsp3) is 0.556. The lowest BCUT2D eigenvalue weighted by Crippen LogP contribution is -2.47.